The molecule has 1 saturated carbocycles. The van der Waals surface area contributed by atoms with Crippen molar-refractivity contribution >= 4 is 27.5 Å². The molecule has 0 spiro atoms. The van der Waals surface area contributed by atoms with Gasteiger partial charge in [-0.2, -0.15) is 0 Å². The molecule has 0 bridgehead atoms. The Hall–Kier alpha value is -2.87. The summed E-state index contributed by atoms with van der Waals surface area (Å²) in [7, 11) is -2.66. The van der Waals surface area contributed by atoms with Crippen LogP contribution in [-0.2, 0) is 14.8 Å². The monoisotopic (exact) mass is 402 g/mol. The molecule has 0 saturated heterocycles. The molecule has 1 fully saturated rings. The van der Waals surface area contributed by atoms with E-state index in [1.807, 2.05) is 4.72 Å². The Balaban J connectivity index is 1.69. The average molecular weight is 402 g/mol. The van der Waals surface area contributed by atoms with E-state index in [0.29, 0.717) is 5.69 Å². The maximum atomic E-state index is 12.5. The summed E-state index contributed by atoms with van der Waals surface area (Å²) in [6.07, 6.45) is 3.88. The maximum Gasteiger partial charge on any atom is 0.268 e. The van der Waals surface area contributed by atoms with Gasteiger partial charge in [-0.25, -0.2) is 13.1 Å². The summed E-state index contributed by atoms with van der Waals surface area (Å²) < 4.78 is 32.1. The van der Waals surface area contributed by atoms with Gasteiger partial charge in [0.25, 0.3) is 15.9 Å². The van der Waals surface area contributed by atoms with Gasteiger partial charge in [0, 0.05) is 11.6 Å². The van der Waals surface area contributed by atoms with Crippen LogP contribution in [-0.4, -0.2) is 27.3 Å². The molecule has 0 unspecified atom stereocenters. The first-order chi connectivity index (χ1) is 13.4. The lowest BCUT2D eigenvalue weighted by molar-refractivity contribution is -0.119. The number of carbonyl (C=O) groups excluding carboxylic acids is 2. The second-order valence-electron chi connectivity index (χ2n) is 6.63. The molecular weight excluding hydrogens is 380 g/mol. The Kier molecular flexibility index (Phi) is 5.99. The fourth-order valence-electron chi connectivity index (χ4n) is 3.22. The lowest BCUT2D eigenvalue weighted by atomic mass is 10.1. The van der Waals surface area contributed by atoms with Gasteiger partial charge in [-0.1, -0.05) is 25.0 Å². The number of rotatable bonds is 6. The summed E-state index contributed by atoms with van der Waals surface area (Å²) >= 11 is 0. The number of para-hydroxylation sites is 1. The molecule has 1 aliphatic carbocycles. The number of hydrogen-bond donors (Lipinski definition) is 2. The van der Waals surface area contributed by atoms with Gasteiger partial charge in [-0.3, -0.25) is 9.59 Å². The fraction of sp³-hybridized carbons (Fsp3) is 0.300. The predicted molar refractivity (Wildman–Crippen MR) is 105 cm³/mol. The molecule has 0 aliphatic heterocycles. The highest BCUT2D eigenvalue weighted by Gasteiger charge is 2.23. The molecule has 3 rings (SSSR count). The minimum Gasteiger partial charge on any atom is -0.496 e. The number of nitrogens with one attached hydrogen (secondary N) is 2. The number of carbonyl (C=O) groups is 2. The quantitative estimate of drug-likeness (QED) is 0.774. The molecule has 1 aliphatic rings. The summed E-state index contributed by atoms with van der Waals surface area (Å²) in [6, 6.07) is 12.1. The fourth-order valence-corrected chi connectivity index (χ4v) is 4.18. The SMILES string of the molecule is COc1ccccc1C(=O)NS(=O)(=O)c1ccc(NC(=O)C2CCCC2)cc1. The third-order valence-corrected chi connectivity index (χ3v) is 6.08. The molecule has 0 aromatic heterocycles. The summed E-state index contributed by atoms with van der Waals surface area (Å²) in [5.41, 5.74) is 0.640. The summed E-state index contributed by atoms with van der Waals surface area (Å²) in [5, 5.41) is 2.81. The highest BCUT2D eigenvalue weighted by atomic mass is 32.2. The summed E-state index contributed by atoms with van der Waals surface area (Å²) in [4.78, 5) is 24.4. The summed E-state index contributed by atoms with van der Waals surface area (Å²) in [5.74, 6) is -0.530. The number of ether oxygens (including phenoxy) is 1. The van der Waals surface area contributed by atoms with Crippen molar-refractivity contribution in [3.8, 4) is 5.75 Å². The Labute approximate surface area is 164 Å². The van der Waals surface area contributed by atoms with Crippen LogP contribution in [0.3, 0.4) is 0 Å². The number of benzene rings is 2. The molecule has 148 valence electrons. The van der Waals surface area contributed by atoms with Crippen molar-refractivity contribution in [3.05, 3.63) is 54.1 Å². The van der Waals surface area contributed by atoms with Crippen molar-refractivity contribution in [1.29, 1.82) is 0 Å². The van der Waals surface area contributed by atoms with Gasteiger partial charge in [-0.15, -0.1) is 0 Å². The molecular formula is C20H22N2O5S. The Morgan fingerprint density at radius 3 is 2.29 bits per heavy atom. The first-order valence-electron chi connectivity index (χ1n) is 9.02. The van der Waals surface area contributed by atoms with E-state index < -0.39 is 15.9 Å². The first-order valence-corrected chi connectivity index (χ1v) is 10.5. The van der Waals surface area contributed by atoms with Crippen LogP contribution in [0, 0.1) is 5.92 Å². The number of sulfonamides is 1. The van der Waals surface area contributed by atoms with Crippen LogP contribution in [0.15, 0.2) is 53.4 Å². The minimum absolute atomic E-state index is 0.0172. The Morgan fingerprint density at radius 2 is 1.64 bits per heavy atom. The van der Waals surface area contributed by atoms with E-state index in [9.17, 15) is 18.0 Å². The average Bonchev–Trinajstić information content (AvgIpc) is 3.23. The Morgan fingerprint density at radius 1 is 1.00 bits per heavy atom. The molecule has 2 aromatic carbocycles. The van der Waals surface area contributed by atoms with Gasteiger partial charge in [0.15, 0.2) is 0 Å². The van der Waals surface area contributed by atoms with Crippen LogP contribution >= 0.6 is 0 Å². The lowest BCUT2D eigenvalue weighted by Crippen LogP contribution is -2.30. The molecule has 28 heavy (non-hydrogen) atoms. The molecule has 2 amide bonds. The molecule has 8 heteroatoms. The summed E-state index contributed by atoms with van der Waals surface area (Å²) in [6.45, 7) is 0. The van der Waals surface area contributed by atoms with Gasteiger partial charge in [-0.05, 0) is 49.2 Å². The minimum atomic E-state index is -4.06. The van der Waals surface area contributed by atoms with Gasteiger partial charge >= 0.3 is 0 Å². The van der Waals surface area contributed by atoms with Gasteiger partial charge in [0.05, 0.1) is 17.6 Å². The van der Waals surface area contributed by atoms with E-state index in [1.54, 1.807) is 18.2 Å². The zero-order valence-corrected chi connectivity index (χ0v) is 16.3. The van der Waals surface area contributed by atoms with Gasteiger partial charge in [0.1, 0.15) is 5.75 Å². The van der Waals surface area contributed by atoms with Crippen LogP contribution in [0.4, 0.5) is 5.69 Å². The third-order valence-electron chi connectivity index (χ3n) is 4.74. The van der Waals surface area contributed by atoms with E-state index in [1.165, 1.54) is 37.4 Å². The third kappa shape index (κ3) is 4.51. The largest absolute Gasteiger partial charge is 0.496 e. The number of amides is 2. The Bertz CT molecular complexity index is 964. The van der Waals surface area contributed by atoms with Crippen molar-refractivity contribution in [2.75, 3.05) is 12.4 Å². The van der Waals surface area contributed by atoms with Crippen LogP contribution < -0.4 is 14.8 Å². The maximum absolute atomic E-state index is 12.5. The number of hydrogen-bond acceptors (Lipinski definition) is 5. The van der Waals surface area contributed by atoms with Crippen molar-refractivity contribution in [2.45, 2.75) is 30.6 Å². The van der Waals surface area contributed by atoms with Crippen molar-refractivity contribution in [3.63, 3.8) is 0 Å². The number of anilines is 1. The standard InChI is InChI=1S/C20H22N2O5S/c1-27-18-9-5-4-8-17(18)20(24)22-28(25,26)16-12-10-15(11-13-16)21-19(23)14-6-2-3-7-14/h4-5,8-14H,2-3,6-7H2,1H3,(H,21,23)(H,22,24). The van der Waals surface area contributed by atoms with Gasteiger partial charge in [0.2, 0.25) is 5.91 Å². The zero-order chi connectivity index (χ0) is 20.1. The molecule has 0 atom stereocenters. The second kappa shape index (κ2) is 8.43. The molecule has 0 heterocycles. The van der Waals surface area contributed by atoms with Crippen molar-refractivity contribution < 1.29 is 22.7 Å². The normalized spacial score (nSPS) is 14.5. The van der Waals surface area contributed by atoms with Crippen LogP contribution in [0.1, 0.15) is 36.0 Å². The highest BCUT2D eigenvalue weighted by molar-refractivity contribution is 7.90. The van der Waals surface area contributed by atoms with Crippen molar-refractivity contribution in [2.24, 2.45) is 5.92 Å². The topological polar surface area (TPSA) is 102 Å². The van der Waals surface area contributed by atoms with E-state index in [-0.39, 0.29) is 28.0 Å². The van der Waals surface area contributed by atoms with E-state index in [0.717, 1.165) is 25.7 Å². The van der Waals surface area contributed by atoms with Crippen molar-refractivity contribution in [1.82, 2.24) is 4.72 Å². The highest BCUT2D eigenvalue weighted by Crippen LogP contribution is 2.26. The van der Waals surface area contributed by atoms with E-state index >= 15 is 0 Å². The molecule has 7 nitrogen and oxygen atoms in total. The van der Waals surface area contributed by atoms with E-state index in [2.05, 4.69) is 5.32 Å². The van der Waals surface area contributed by atoms with Crippen LogP contribution in [0.25, 0.3) is 0 Å². The molecule has 0 radical (unpaired) electrons. The number of methoxy groups -OCH3 is 1. The predicted octanol–water partition coefficient (Wildman–Crippen LogP) is 2.94. The first kappa shape index (κ1) is 19.9. The molecule has 2 N–H and O–H groups in total. The zero-order valence-electron chi connectivity index (χ0n) is 15.5. The van der Waals surface area contributed by atoms with Gasteiger partial charge < -0.3 is 10.1 Å². The smallest absolute Gasteiger partial charge is 0.268 e. The lowest BCUT2D eigenvalue weighted by Gasteiger charge is -2.12. The van der Waals surface area contributed by atoms with E-state index in [4.69, 9.17) is 4.74 Å². The van der Waals surface area contributed by atoms with Crippen LogP contribution in [0.5, 0.6) is 5.75 Å². The van der Waals surface area contributed by atoms with Crippen LogP contribution in [0.2, 0.25) is 0 Å². The molecule has 2 aromatic rings. The second-order valence-corrected chi connectivity index (χ2v) is 8.31.